The summed E-state index contributed by atoms with van der Waals surface area (Å²) in [4.78, 5) is 33.2. The van der Waals surface area contributed by atoms with Gasteiger partial charge in [0.05, 0.1) is 6.20 Å². The smallest absolute Gasteiger partial charge is 0.271 e. The minimum atomic E-state index is -0.499. The number of aromatic nitrogens is 2. The second kappa shape index (κ2) is 6.65. The number of piperidine rings is 1. The van der Waals surface area contributed by atoms with Gasteiger partial charge in [0, 0.05) is 31.5 Å². The summed E-state index contributed by atoms with van der Waals surface area (Å²) in [5.74, 6) is -0.279. The molecule has 2 amide bonds. The monoisotopic (exact) mass is 296 g/mol. The predicted molar refractivity (Wildman–Crippen MR) is 74.4 cm³/mol. The number of halogens is 1. The molecule has 2 rings (SSSR count). The van der Waals surface area contributed by atoms with Gasteiger partial charge in [0.2, 0.25) is 5.91 Å². The van der Waals surface area contributed by atoms with Crippen molar-refractivity contribution >= 4 is 23.4 Å². The maximum atomic E-state index is 11.9. The average molecular weight is 297 g/mol. The highest BCUT2D eigenvalue weighted by atomic mass is 35.5. The van der Waals surface area contributed by atoms with Crippen molar-refractivity contribution < 1.29 is 9.59 Å². The summed E-state index contributed by atoms with van der Waals surface area (Å²) >= 11 is 5.79. The van der Waals surface area contributed by atoms with Crippen LogP contribution in [0, 0.1) is 0 Å². The van der Waals surface area contributed by atoms with Crippen molar-refractivity contribution in [2.24, 2.45) is 0 Å². The molecule has 1 aliphatic rings. The molecule has 6 nitrogen and oxygen atoms in total. The molecule has 1 unspecified atom stereocenters. The van der Waals surface area contributed by atoms with Crippen molar-refractivity contribution in [1.82, 2.24) is 20.2 Å². The molecule has 1 N–H and O–H groups in total. The van der Waals surface area contributed by atoms with Gasteiger partial charge in [-0.1, -0.05) is 0 Å². The van der Waals surface area contributed by atoms with Gasteiger partial charge in [-0.2, -0.15) is 0 Å². The Morgan fingerprint density at radius 2 is 2.10 bits per heavy atom. The molecular weight excluding hydrogens is 280 g/mol. The highest BCUT2D eigenvalue weighted by Gasteiger charge is 2.26. The first kappa shape index (κ1) is 14.7. The van der Waals surface area contributed by atoms with Crippen molar-refractivity contribution in [2.45, 2.75) is 31.2 Å². The van der Waals surface area contributed by atoms with E-state index in [1.807, 2.05) is 0 Å². The lowest BCUT2D eigenvalue weighted by Gasteiger charge is -2.32. The summed E-state index contributed by atoms with van der Waals surface area (Å²) in [5.41, 5.74) is 0.306. The summed E-state index contributed by atoms with van der Waals surface area (Å²) in [6.45, 7) is 2.90. The summed E-state index contributed by atoms with van der Waals surface area (Å²) in [5, 5.41) is 2.41. The number of carbonyl (C=O) groups is 2. The SMILES string of the molecule is CC(Cl)C(=O)N1CCC(NC(=O)c2cnccn2)CC1. The Labute approximate surface area is 122 Å². The van der Waals surface area contributed by atoms with E-state index in [4.69, 9.17) is 11.6 Å². The number of nitrogens with one attached hydrogen (secondary N) is 1. The first-order valence-electron chi connectivity index (χ1n) is 6.57. The quantitative estimate of drug-likeness (QED) is 0.838. The normalized spacial score (nSPS) is 17.6. The van der Waals surface area contributed by atoms with Crippen LogP contribution >= 0.6 is 11.6 Å². The second-order valence-electron chi connectivity index (χ2n) is 4.78. The van der Waals surface area contributed by atoms with Crippen LogP contribution in [0.5, 0.6) is 0 Å². The maximum absolute atomic E-state index is 11.9. The van der Waals surface area contributed by atoms with E-state index in [0.717, 1.165) is 12.8 Å². The highest BCUT2D eigenvalue weighted by molar-refractivity contribution is 6.30. The predicted octanol–water partition coefficient (Wildman–Crippen LogP) is 0.825. The molecule has 0 saturated carbocycles. The average Bonchev–Trinajstić information content (AvgIpc) is 2.48. The summed E-state index contributed by atoms with van der Waals surface area (Å²) in [6, 6.07) is 0.0548. The lowest BCUT2D eigenvalue weighted by Crippen LogP contribution is -2.48. The number of rotatable bonds is 3. The van der Waals surface area contributed by atoms with E-state index in [1.165, 1.54) is 18.6 Å². The minimum absolute atomic E-state index is 0.0506. The Morgan fingerprint density at radius 1 is 1.40 bits per heavy atom. The molecule has 20 heavy (non-hydrogen) atoms. The van der Waals surface area contributed by atoms with E-state index < -0.39 is 5.38 Å². The zero-order valence-electron chi connectivity index (χ0n) is 11.3. The number of hydrogen-bond donors (Lipinski definition) is 1. The Kier molecular flexibility index (Phi) is 4.89. The van der Waals surface area contributed by atoms with Gasteiger partial charge < -0.3 is 10.2 Å². The Bertz CT molecular complexity index is 473. The van der Waals surface area contributed by atoms with Crippen LogP contribution in [0.4, 0.5) is 0 Å². The third kappa shape index (κ3) is 3.66. The fourth-order valence-electron chi connectivity index (χ4n) is 2.17. The summed E-state index contributed by atoms with van der Waals surface area (Å²) in [7, 11) is 0. The number of likely N-dealkylation sites (tertiary alicyclic amines) is 1. The summed E-state index contributed by atoms with van der Waals surface area (Å²) in [6.07, 6.45) is 5.89. The van der Waals surface area contributed by atoms with Crippen LogP contribution in [0.3, 0.4) is 0 Å². The van der Waals surface area contributed by atoms with Gasteiger partial charge in [0.15, 0.2) is 0 Å². The lowest BCUT2D eigenvalue weighted by atomic mass is 10.0. The maximum Gasteiger partial charge on any atom is 0.271 e. The largest absolute Gasteiger partial charge is 0.348 e. The molecule has 1 atom stereocenters. The third-order valence-electron chi connectivity index (χ3n) is 3.28. The van der Waals surface area contributed by atoms with Crippen LogP contribution in [0.1, 0.15) is 30.3 Å². The van der Waals surface area contributed by atoms with E-state index in [1.54, 1.807) is 11.8 Å². The number of carbonyl (C=O) groups excluding carboxylic acids is 2. The highest BCUT2D eigenvalue weighted by Crippen LogP contribution is 2.13. The van der Waals surface area contributed by atoms with E-state index >= 15 is 0 Å². The molecule has 1 aliphatic heterocycles. The Morgan fingerprint density at radius 3 is 2.65 bits per heavy atom. The number of alkyl halides is 1. The second-order valence-corrected chi connectivity index (χ2v) is 5.43. The molecule has 2 heterocycles. The molecule has 0 aliphatic carbocycles. The Balaban J connectivity index is 1.83. The van der Waals surface area contributed by atoms with Gasteiger partial charge in [-0.25, -0.2) is 4.98 Å². The van der Waals surface area contributed by atoms with Gasteiger partial charge in [0.1, 0.15) is 11.1 Å². The van der Waals surface area contributed by atoms with Crippen LogP contribution in [0.25, 0.3) is 0 Å². The number of hydrogen-bond acceptors (Lipinski definition) is 4. The van der Waals surface area contributed by atoms with Crippen molar-refractivity contribution in [2.75, 3.05) is 13.1 Å². The Hall–Kier alpha value is -1.69. The molecule has 108 valence electrons. The summed E-state index contributed by atoms with van der Waals surface area (Å²) < 4.78 is 0. The molecule has 0 spiro atoms. The molecule has 1 saturated heterocycles. The number of nitrogens with zero attached hydrogens (tertiary/aromatic N) is 3. The lowest BCUT2D eigenvalue weighted by molar-refractivity contribution is -0.131. The van der Waals surface area contributed by atoms with Crippen LogP contribution in [0.2, 0.25) is 0 Å². The van der Waals surface area contributed by atoms with Crippen LogP contribution < -0.4 is 5.32 Å². The molecule has 1 aromatic heterocycles. The van der Waals surface area contributed by atoms with E-state index in [0.29, 0.717) is 18.8 Å². The van der Waals surface area contributed by atoms with E-state index in [9.17, 15) is 9.59 Å². The molecule has 1 fully saturated rings. The molecule has 0 bridgehead atoms. The van der Waals surface area contributed by atoms with Crippen LogP contribution in [-0.2, 0) is 4.79 Å². The van der Waals surface area contributed by atoms with Gasteiger partial charge in [0.25, 0.3) is 5.91 Å². The molecule has 1 aromatic rings. The molecular formula is C13H17ClN4O2. The molecule has 0 aromatic carbocycles. The first-order valence-corrected chi connectivity index (χ1v) is 7.01. The van der Waals surface area contributed by atoms with Crippen molar-refractivity contribution in [3.63, 3.8) is 0 Å². The van der Waals surface area contributed by atoms with Crippen molar-refractivity contribution in [3.8, 4) is 0 Å². The third-order valence-corrected chi connectivity index (χ3v) is 3.46. The van der Waals surface area contributed by atoms with Gasteiger partial charge in [-0.15, -0.1) is 11.6 Å². The fraction of sp³-hybridized carbons (Fsp3) is 0.538. The zero-order chi connectivity index (χ0) is 14.5. The van der Waals surface area contributed by atoms with E-state index in [2.05, 4.69) is 15.3 Å². The van der Waals surface area contributed by atoms with E-state index in [-0.39, 0.29) is 17.9 Å². The van der Waals surface area contributed by atoms with Gasteiger partial charge in [-0.05, 0) is 19.8 Å². The van der Waals surface area contributed by atoms with Gasteiger partial charge in [-0.3, -0.25) is 14.6 Å². The minimum Gasteiger partial charge on any atom is -0.348 e. The number of amides is 2. The van der Waals surface area contributed by atoms with Crippen molar-refractivity contribution in [1.29, 1.82) is 0 Å². The topological polar surface area (TPSA) is 75.2 Å². The van der Waals surface area contributed by atoms with Crippen LogP contribution in [-0.4, -0.2) is 51.2 Å². The first-order chi connectivity index (χ1) is 9.58. The van der Waals surface area contributed by atoms with Gasteiger partial charge >= 0.3 is 0 Å². The fourth-order valence-corrected chi connectivity index (χ4v) is 2.31. The molecule has 7 heteroatoms. The van der Waals surface area contributed by atoms with Crippen molar-refractivity contribution in [3.05, 3.63) is 24.3 Å². The molecule has 0 radical (unpaired) electrons. The standard InChI is InChI=1S/C13H17ClN4O2/c1-9(14)13(20)18-6-2-10(3-7-18)17-12(19)11-8-15-4-5-16-11/h4-5,8-10H,2-3,6-7H2,1H3,(H,17,19). The zero-order valence-corrected chi connectivity index (χ0v) is 12.0. The van der Waals surface area contributed by atoms with Crippen LogP contribution in [0.15, 0.2) is 18.6 Å².